The first-order valence-electron chi connectivity index (χ1n) is 39.4. The van der Waals surface area contributed by atoms with Crippen molar-refractivity contribution >= 4 is 38.9 Å². The average Bonchev–Trinajstić information content (AvgIpc) is 1.61. The summed E-state index contributed by atoms with van der Waals surface area (Å²) in [4.78, 5) is 0. The predicted octanol–water partition coefficient (Wildman–Crippen LogP) is 27.8. The van der Waals surface area contributed by atoms with Crippen LogP contribution < -0.4 is 14.4 Å². The first-order chi connectivity index (χ1) is 49.8. The van der Waals surface area contributed by atoms with Gasteiger partial charge in [-0.05, 0) is 184 Å². The number of nitrogens with zero attached hydrogens (tertiary/aromatic N) is 2. The Morgan fingerprint density at radius 2 is 0.402 bits per heavy atom. The summed E-state index contributed by atoms with van der Waals surface area (Å²) in [6, 6.07) is 87.4. The maximum atomic E-state index is 15.4. The molecule has 0 amide bonds. The molecule has 0 bridgehead atoms. The molecule has 0 saturated carbocycles. The first-order valence-corrected chi connectivity index (χ1v) is 44.3. The van der Waals surface area contributed by atoms with Crippen LogP contribution in [0.4, 0.5) is 11.4 Å². The second-order valence-corrected chi connectivity index (χ2v) is 48.7. The lowest BCUT2D eigenvalue weighted by atomic mass is 9.76. The highest BCUT2D eigenvalue weighted by atomic mass is 32.3. The Morgan fingerprint density at radius 1 is 0.262 bits per heavy atom. The van der Waals surface area contributed by atoms with E-state index in [0.717, 1.165) is 15.8 Å². The lowest BCUT2D eigenvalue weighted by Gasteiger charge is -2.46. The van der Waals surface area contributed by atoms with E-state index >= 15 is 5.11 Å². The molecule has 10 aromatic carbocycles. The molecule has 2 aliphatic heterocycles. The number of anilines is 2. The third kappa shape index (κ3) is 16.6. The van der Waals surface area contributed by atoms with E-state index in [1.807, 2.05) is 0 Å². The fourth-order valence-electron chi connectivity index (χ4n) is 16.3. The van der Waals surface area contributed by atoms with Crippen LogP contribution in [0.3, 0.4) is 0 Å². The van der Waals surface area contributed by atoms with Crippen LogP contribution in [0.25, 0.3) is 0 Å². The Kier molecular flexibility index (Phi) is 21.6. The summed E-state index contributed by atoms with van der Waals surface area (Å²) in [6.45, 7) is 59.0. The van der Waals surface area contributed by atoms with Gasteiger partial charge in [-0.15, -0.1) is 0 Å². The average molecular weight is 1470 g/mol. The molecule has 3 nitrogen and oxygen atoms in total. The van der Waals surface area contributed by atoms with Crippen LogP contribution in [0.5, 0.6) is 0 Å². The Balaban J connectivity index is 1.23. The second kappa shape index (κ2) is 29.2. The van der Waals surface area contributed by atoms with Gasteiger partial charge in [-0.1, -0.05) is 401 Å². The Hall–Kier alpha value is -7.34. The Labute approximate surface area is 649 Å². The van der Waals surface area contributed by atoms with Crippen molar-refractivity contribution in [3.8, 4) is 0 Å². The summed E-state index contributed by atoms with van der Waals surface area (Å²) in [7, 11) is 1.71. The van der Waals surface area contributed by atoms with Gasteiger partial charge in [-0.3, -0.25) is 0 Å². The minimum atomic E-state index is -2.85. The molecule has 0 unspecified atom stereocenters. The molecule has 558 valence electrons. The predicted molar refractivity (Wildman–Crippen MR) is 468 cm³/mol. The highest BCUT2D eigenvalue weighted by Gasteiger charge is 2.48. The highest BCUT2D eigenvalue weighted by Crippen LogP contribution is 2.83. The topological polar surface area (TPSA) is 29.5 Å². The van der Waals surface area contributed by atoms with E-state index in [4.69, 9.17) is 0 Å². The summed E-state index contributed by atoms with van der Waals surface area (Å²) in [5.74, 6) is -0.734. The van der Waals surface area contributed by atoms with Crippen molar-refractivity contribution in [2.24, 2.45) is 0 Å². The molecular weight excluding hydrogens is 1350 g/mol. The van der Waals surface area contributed by atoms with Gasteiger partial charge in [-0.25, -0.2) is 0 Å². The fraction of sp³-hybridized carbons (Fsp3) is 0.396. The largest absolute Gasteiger partial charge is 0.820 e. The molecule has 6 heteroatoms. The van der Waals surface area contributed by atoms with Crippen molar-refractivity contribution in [2.75, 3.05) is 22.4 Å². The molecule has 107 heavy (non-hydrogen) atoms. The van der Waals surface area contributed by atoms with Gasteiger partial charge in [0.15, 0.2) is 0 Å². The zero-order valence-electron chi connectivity index (χ0n) is 69.7. The summed E-state index contributed by atoms with van der Waals surface area (Å²) >= 11 is 0. The molecule has 0 N–H and O–H groups in total. The molecule has 0 aromatic heterocycles. The van der Waals surface area contributed by atoms with Crippen LogP contribution in [0.2, 0.25) is 0 Å². The van der Waals surface area contributed by atoms with Gasteiger partial charge in [0, 0.05) is 36.8 Å². The molecule has 2 heterocycles. The van der Waals surface area contributed by atoms with E-state index in [9.17, 15) is 0 Å². The molecule has 10 aromatic rings. The maximum Gasteiger partial charge on any atom is 0.134 e. The minimum absolute atomic E-state index is 0.0453. The number of hydrogen-bond donors (Lipinski definition) is 0. The Bertz CT molecular complexity index is 4110. The van der Waals surface area contributed by atoms with Crippen LogP contribution in [0.1, 0.15) is 312 Å². The molecule has 0 radical (unpaired) electrons. The van der Waals surface area contributed by atoms with Gasteiger partial charge in [0.1, 0.15) is 6.54 Å². The molecule has 0 atom stereocenters. The van der Waals surface area contributed by atoms with Crippen molar-refractivity contribution in [1.82, 2.24) is 0 Å². The molecule has 1 fully saturated rings. The second-order valence-electron chi connectivity index (χ2n) is 39.6. The summed E-state index contributed by atoms with van der Waals surface area (Å²) in [5, 5.41) is 15.7. The highest BCUT2D eigenvalue weighted by molar-refractivity contribution is 8.54. The number of rotatable bonds is 14. The van der Waals surface area contributed by atoms with Gasteiger partial charge in [0.2, 0.25) is 0 Å². The minimum Gasteiger partial charge on any atom is -0.820 e. The zero-order chi connectivity index (χ0) is 77.7. The fourth-order valence-corrected chi connectivity index (χ4v) is 26.9. The zero-order valence-corrected chi connectivity index (χ0v) is 72.3. The van der Waals surface area contributed by atoms with Crippen molar-refractivity contribution in [2.45, 2.75) is 247 Å². The van der Waals surface area contributed by atoms with Gasteiger partial charge in [0.05, 0.1) is 11.4 Å². The van der Waals surface area contributed by atoms with E-state index in [0.29, 0.717) is 13.1 Å². The lowest BCUT2D eigenvalue weighted by molar-refractivity contribution is -0.200. The maximum absolute atomic E-state index is 15.4. The molecule has 1 saturated heterocycles. The molecule has 0 aliphatic carbocycles. The van der Waals surface area contributed by atoms with Crippen LogP contribution in [0.15, 0.2) is 218 Å². The quantitative estimate of drug-likeness (QED) is 0.0803. The normalized spacial score (nSPS) is 15.0. The van der Waals surface area contributed by atoms with Crippen LogP contribution >= 0.6 is 22.3 Å². The third-order valence-corrected chi connectivity index (χ3v) is 34.3. The van der Waals surface area contributed by atoms with Crippen LogP contribution in [-0.2, 0) is 43.3 Å². The Morgan fingerprint density at radius 3 is 0.523 bits per heavy atom. The third-order valence-electron chi connectivity index (χ3n) is 22.9. The standard InChI is InChI=1S/C101H123N2OP3/c1-65-61-83(87(67-27-43-75(44-28-67)94(3,4)5)68-29-45-76(46-30-68)95(6,7)8)91(84(62-65)88(69-31-47-77(48-32-69)96(9,10)11)70-33-49-78(50-34-70)97(12,13)14)102-59-60-103(107(102)105-93(104)106-107)92-85(89(71-35-51-79(52-36-71)98(15,16)17)72-37-53-80(54-38-72)99(18,19)20)63-66(2)64-86(92)90(73-39-55-81(56-40-73)100(21,22)23)74-41-57-82(58-42-74)101(24,25)26/h27-58,61-64,87-90,104H,59-60H2,1-26H3/p-1. The summed E-state index contributed by atoms with van der Waals surface area (Å²) in [5.41, 5.74) is 30.2. The molecule has 1 spiro atoms. The first kappa shape index (κ1) is 79.2. The van der Waals surface area contributed by atoms with Gasteiger partial charge < -0.3 is 14.4 Å². The van der Waals surface area contributed by atoms with Gasteiger partial charge in [0.25, 0.3) is 0 Å². The van der Waals surface area contributed by atoms with Crippen LogP contribution in [0, 0.1) is 13.8 Å². The van der Waals surface area contributed by atoms with E-state index in [1.165, 1.54) is 134 Å². The van der Waals surface area contributed by atoms with E-state index < -0.39 is 6.54 Å². The smallest absolute Gasteiger partial charge is 0.134 e. The molecule has 2 aliphatic rings. The lowest BCUT2D eigenvalue weighted by Crippen LogP contribution is -2.26. The van der Waals surface area contributed by atoms with E-state index in [-0.39, 0.29) is 72.2 Å². The monoisotopic (exact) mass is 1470 g/mol. The summed E-state index contributed by atoms with van der Waals surface area (Å²) in [6.07, 6.45) is 0. The summed E-state index contributed by atoms with van der Waals surface area (Å²) < 4.78 is 5.82. The van der Waals surface area contributed by atoms with Gasteiger partial charge >= 0.3 is 0 Å². The number of benzene rings is 10. The van der Waals surface area contributed by atoms with Crippen LogP contribution in [-0.4, -0.2) is 18.3 Å². The van der Waals surface area contributed by atoms with E-state index in [2.05, 4.69) is 408 Å². The number of hydrogen-bond acceptors (Lipinski definition) is 3. The molecular formula is C101H122N2OP3-. The van der Waals surface area contributed by atoms with Crippen molar-refractivity contribution < 1.29 is 5.11 Å². The SMILES string of the molecule is Cc1cc(C(c2ccc(C(C)(C)C)cc2)c2ccc(C(C)(C)C)cc2)c(N2CCN(c3c(C(c4ccc(C(C)(C)C)cc4)c4ccc(C(C)(C)C)cc4)cc(C)cc3C(c3ccc(C(C)(C)C)cc3)c3ccc(C(C)(C)C)cc3)P23=PC([O-])=P3)c(C(c2ccc(C(C)(C)C)cc2)c2ccc(C(C)(C)C)cc2)c1. The van der Waals surface area contributed by atoms with Crippen molar-refractivity contribution in [3.63, 3.8) is 0 Å². The van der Waals surface area contributed by atoms with Gasteiger partial charge in [-0.2, -0.15) is 0 Å². The van der Waals surface area contributed by atoms with Crippen molar-refractivity contribution in [3.05, 3.63) is 341 Å². The molecule has 12 rings (SSSR count). The van der Waals surface area contributed by atoms with E-state index in [1.54, 1.807) is 0 Å². The van der Waals surface area contributed by atoms with Crippen molar-refractivity contribution in [1.29, 1.82) is 0 Å². The number of aryl methyl sites for hydroxylation is 2.